The summed E-state index contributed by atoms with van der Waals surface area (Å²) in [7, 11) is 0. The molecule has 0 saturated heterocycles. The second-order valence-electron chi connectivity index (χ2n) is 3.93. The maximum Gasteiger partial charge on any atom is 0.258 e. The molecule has 3 aromatic rings. The predicted octanol–water partition coefficient (Wildman–Crippen LogP) is 2.63. The molecular formula is C12H10N4OS2. The van der Waals surface area contributed by atoms with E-state index in [9.17, 15) is 4.79 Å². The monoisotopic (exact) mass is 290 g/mol. The highest BCUT2D eigenvalue weighted by molar-refractivity contribution is 8.01. The summed E-state index contributed by atoms with van der Waals surface area (Å²) in [5.41, 5.74) is 2.29. The number of hydrogen-bond donors (Lipinski definition) is 1. The Hall–Kier alpha value is -1.73. The summed E-state index contributed by atoms with van der Waals surface area (Å²) in [6.45, 7) is 1.99. The number of H-pyrrole nitrogens is 1. The maximum absolute atomic E-state index is 12.0. The number of nitrogens with zero attached hydrogens (tertiary/aromatic N) is 3. The molecule has 0 bridgehead atoms. The highest BCUT2D eigenvalue weighted by Crippen LogP contribution is 2.33. The zero-order chi connectivity index (χ0) is 13.2. The van der Waals surface area contributed by atoms with Crippen LogP contribution in [0.2, 0.25) is 0 Å². The minimum Gasteiger partial charge on any atom is -0.309 e. The van der Waals surface area contributed by atoms with Gasteiger partial charge in [-0.15, -0.1) is 10.2 Å². The smallest absolute Gasteiger partial charge is 0.258 e. The van der Waals surface area contributed by atoms with Gasteiger partial charge < -0.3 is 4.98 Å². The van der Waals surface area contributed by atoms with Gasteiger partial charge in [0.15, 0.2) is 4.34 Å². The predicted molar refractivity (Wildman–Crippen MR) is 76.5 cm³/mol. The molecule has 96 valence electrons. The molecule has 5 nitrogen and oxygen atoms in total. The summed E-state index contributed by atoms with van der Waals surface area (Å²) in [5, 5.41) is 8.40. The van der Waals surface area contributed by atoms with Crippen LogP contribution in [-0.4, -0.2) is 20.2 Å². The largest absolute Gasteiger partial charge is 0.309 e. The van der Waals surface area contributed by atoms with Crippen LogP contribution >= 0.6 is 23.1 Å². The molecule has 0 aliphatic carbocycles. The van der Waals surface area contributed by atoms with Gasteiger partial charge in [0, 0.05) is 0 Å². The first-order valence-corrected chi connectivity index (χ1v) is 7.42. The van der Waals surface area contributed by atoms with E-state index in [1.807, 2.05) is 25.1 Å². The van der Waals surface area contributed by atoms with E-state index in [4.69, 9.17) is 0 Å². The van der Waals surface area contributed by atoms with Crippen molar-refractivity contribution >= 4 is 34.0 Å². The Labute approximate surface area is 117 Å². The van der Waals surface area contributed by atoms with Gasteiger partial charge in [-0.25, -0.2) is 4.98 Å². The molecule has 1 unspecified atom stereocenters. The molecule has 7 heteroatoms. The normalized spacial score (nSPS) is 12.7. The van der Waals surface area contributed by atoms with E-state index in [1.165, 1.54) is 23.1 Å². The molecule has 2 heterocycles. The van der Waals surface area contributed by atoms with Crippen molar-refractivity contribution in [2.45, 2.75) is 16.5 Å². The van der Waals surface area contributed by atoms with Crippen molar-refractivity contribution in [3.05, 3.63) is 46.0 Å². The molecule has 2 aromatic heterocycles. The number of aromatic amines is 1. The van der Waals surface area contributed by atoms with Crippen molar-refractivity contribution in [1.29, 1.82) is 0 Å². The van der Waals surface area contributed by atoms with Crippen LogP contribution in [0.1, 0.15) is 18.0 Å². The fourth-order valence-electron chi connectivity index (χ4n) is 1.72. The molecule has 0 amide bonds. The zero-order valence-electron chi connectivity index (χ0n) is 10.0. The highest BCUT2D eigenvalue weighted by atomic mass is 32.2. The average Bonchev–Trinajstić information content (AvgIpc) is 2.91. The number of fused-ring (bicyclic) bond motifs is 1. The lowest BCUT2D eigenvalue weighted by molar-refractivity contribution is 0.916. The summed E-state index contributed by atoms with van der Waals surface area (Å²) in [4.78, 5) is 19.3. The molecule has 0 fully saturated rings. The molecule has 0 aliphatic heterocycles. The van der Waals surface area contributed by atoms with Gasteiger partial charge in [0.25, 0.3) is 5.56 Å². The van der Waals surface area contributed by atoms with Crippen molar-refractivity contribution in [3.8, 4) is 0 Å². The molecule has 0 spiro atoms. The molecule has 1 N–H and O–H groups in total. The molecule has 0 saturated carbocycles. The van der Waals surface area contributed by atoms with Crippen LogP contribution in [0.3, 0.4) is 0 Å². The fourth-order valence-corrected chi connectivity index (χ4v) is 3.40. The third-order valence-corrected chi connectivity index (χ3v) is 4.55. The van der Waals surface area contributed by atoms with Crippen LogP contribution in [0, 0.1) is 0 Å². The van der Waals surface area contributed by atoms with E-state index in [0.29, 0.717) is 16.7 Å². The Balaban J connectivity index is 1.98. The topological polar surface area (TPSA) is 71.5 Å². The van der Waals surface area contributed by atoms with Crippen LogP contribution in [0.15, 0.2) is 38.9 Å². The number of benzene rings is 1. The van der Waals surface area contributed by atoms with Gasteiger partial charge >= 0.3 is 0 Å². The lowest BCUT2D eigenvalue weighted by Crippen LogP contribution is -2.12. The van der Waals surface area contributed by atoms with Crippen LogP contribution in [0.5, 0.6) is 0 Å². The Morgan fingerprint density at radius 1 is 1.37 bits per heavy atom. The Morgan fingerprint density at radius 3 is 3.00 bits per heavy atom. The molecule has 19 heavy (non-hydrogen) atoms. The van der Waals surface area contributed by atoms with Crippen LogP contribution in [-0.2, 0) is 0 Å². The first-order valence-electron chi connectivity index (χ1n) is 5.66. The summed E-state index contributed by atoms with van der Waals surface area (Å²) in [6, 6.07) is 7.32. The van der Waals surface area contributed by atoms with Gasteiger partial charge in [-0.3, -0.25) is 4.79 Å². The van der Waals surface area contributed by atoms with Gasteiger partial charge in [-0.05, 0) is 19.1 Å². The van der Waals surface area contributed by atoms with Crippen molar-refractivity contribution in [2.75, 3.05) is 0 Å². The SMILES string of the molecule is CC(Sc1nncs1)c1nc2ccccc2c(=O)[nH]1. The summed E-state index contributed by atoms with van der Waals surface area (Å²) in [6.07, 6.45) is 0. The second kappa shape index (κ2) is 5.10. The lowest BCUT2D eigenvalue weighted by Gasteiger charge is -2.08. The van der Waals surface area contributed by atoms with Crippen molar-refractivity contribution in [1.82, 2.24) is 20.2 Å². The number of rotatable bonds is 3. The van der Waals surface area contributed by atoms with Gasteiger partial charge in [0.1, 0.15) is 11.3 Å². The number of para-hydroxylation sites is 1. The number of aromatic nitrogens is 4. The third-order valence-electron chi connectivity index (χ3n) is 2.63. The second-order valence-corrected chi connectivity index (χ2v) is 6.35. The Kier molecular flexibility index (Phi) is 3.31. The summed E-state index contributed by atoms with van der Waals surface area (Å²) >= 11 is 3.01. The minimum atomic E-state index is -0.106. The van der Waals surface area contributed by atoms with Crippen LogP contribution in [0.4, 0.5) is 0 Å². The maximum atomic E-state index is 12.0. The third kappa shape index (κ3) is 2.52. The molecule has 3 rings (SSSR count). The zero-order valence-corrected chi connectivity index (χ0v) is 11.7. The van der Waals surface area contributed by atoms with E-state index in [1.54, 1.807) is 11.6 Å². The molecule has 0 aliphatic rings. The number of thioether (sulfide) groups is 1. The molecule has 1 atom stereocenters. The van der Waals surface area contributed by atoms with E-state index in [0.717, 1.165) is 4.34 Å². The van der Waals surface area contributed by atoms with Crippen LogP contribution in [0.25, 0.3) is 10.9 Å². The minimum absolute atomic E-state index is 0.0188. The van der Waals surface area contributed by atoms with Gasteiger partial charge in [0.05, 0.1) is 16.2 Å². The standard InChI is InChI=1S/C12H10N4OS2/c1-7(19-12-16-13-6-18-12)10-14-9-5-3-2-4-8(9)11(17)15-10/h2-7H,1H3,(H,14,15,17). The van der Waals surface area contributed by atoms with Crippen molar-refractivity contribution in [2.24, 2.45) is 0 Å². The van der Waals surface area contributed by atoms with Crippen LogP contribution < -0.4 is 5.56 Å². The van der Waals surface area contributed by atoms with Gasteiger partial charge in [-0.2, -0.15) is 0 Å². The fraction of sp³-hybridized carbons (Fsp3) is 0.167. The first kappa shape index (κ1) is 12.3. The number of hydrogen-bond acceptors (Lipinski definition) is 6. The quantitative estimate of drug-likeness (QED) is 0.751. The first-order chi connectivity index (χ1) is 9.24. The van der Waals surface area contributed by atoms with Gasteiger partial charge in [-0.1, -0.05) is 35.2 Å². The summed E-state index contributed by atoms with van der Waals surface area (Å²) < 4.78 is 0.864. The average molecular weight is 290 g/mol. The van der Waals surface area contributed by atoms with E-state index in [-0.39, 0.29) is 10.8 Å². The van der Waals surface area contributed by atoms with Crippen molar-refractivity contribution in [3.63, 3.8) is 0 Å². The lowest BCUT2D eigenvalue weighted by atomic mass is 10.2. The molecular weight excluding hydrogens is 280 g/mol. The Morgan fingerprint density at radius 2 is 2.21 bits per heavy atom. The number of nitrogens with one attached hydrogen (secondary N) is 1. The van der Waals surface area contributed by atoms with Crippen molar-refractivity contribution < 1.29 is 0 Å². The molecule has 0 radical (unpaired) electrons. The highest BCUT2D eigenvalue weighted by Gasteiger charge is 2.13. The van der Waals surface area contributed by atoms with E-state index in [2.05, 4.69) is 20.2 Å². The molecule has 1 aromatic carbocycles. The van der Waals surface area contributed by atoms with Gasteiger partial charge in [0.2, 0.25) is 0 Å². The van der Waals surface area contributed by atoms with E-state index < -0.39 is 0 Å². The Bertz CT molecular complexity index is 754. The van der Waals surface area contributed by atoms with E-state index >= 15 is 0 Å². The summed E-state index contributed by atoms with van der Waals surface area (Å²) in [5.74, 6) is 0.656.